The van der Waals surface area contributed by atoms with Gasteiger partial charge in [0, 0.05) is 48.9 Å². The maximum atomic E-state index is 13.5. The van der Waals surface area contributed by atoms with Crippen LogP contribution in [0.2, 0.25) is 0 Å². The third-order valence-electron chi connectivity index (χ3n) is 6.56. The molecule has 0 aromatic heterocycles. The summed E-state index contributed by atoms with van der Waals surface area (Å²) in [6, 6.07) is 22.1. The van der Waals surface area contributed by atoms with Gasteiger partial charge >= 0.3 is 0 Å². The van der Waals surface area contributed by atoms with E-state index in [0.717, 1.165) is 27.4 Å². The van der Waals surface area contributed by atoms with Crippen molar-refractivity contribution >= 4 is 46.7 Å². The number of nitro groups is 1. The molecule has 0 aliphatic carbocycles. The number of rotatable bonds is 5. The second kappa shape index (κ2) is 10.5. The molecule has 0 unspecified atom stereocenters. The van der Waals surface area contributed by atoms with E-state index in [1.54, 1.807) is 21.9 Å². The van der Waals surface area contributed by atoms with E-state index in [1.165, 1.54) is 23.9 Å². The van der Waals surface area contributed by atoms with E-state index < -0.39 is 4.92 Å². The van der Waals surface area contributed by atoms with Gasteiger partial charge in [0.2, 0.25) is 5.91 Å². The van der Waals surface area contributed by atoms with Gasteiger partial charge in [0.15, 0.2) is 0 Å². The highest BCUT2D eigenvalue weighted by molar-refractivity contribution is 8.04. The lowest BCUT2D eigenvalue weighted by Crippen LogP contribution is -2.52. The van der Waals surface area contributed by atoms with Crippen LogP contribution < -0.4 is 9.80 Å². The molecule has 1 saturated heterocycles. The molecule has 2 amide bonds. The van der Waals surface area contributed by atoms with E-state index in [2.05, 4.69) is 4.90 Å². The summed E-state index contributed by atoms with van der Waals surface area (Å²) in [6.07, 6.45) is 1.88. The van der Waals surface area contributed by atoms with Crippen LogP contribution in [0.3, 0.4) is 0 Å². The number of nitrogens with zero attached hydrogens (tertiary/aromatic N) is 4. The van der Waals surface area contributed by atoms with Gasteiger partial charge in [-0.15, -0.1) is 0 Å². The topological polar surface area (TPSA) is 87.0 Å². The summed E-state index contributed by atoms with van der Waals surface area (Å²) in [5, 5.41) is 10.9. The predicted octanol–water partition coefficient (Wildman–Crippen LogP) is 4.73. The highest BCUT2D eigenvalue weighted by Gasteiger charge is 2.32. The van der Waals surface area contributed by atoms with Crippen molar-refractivity contribution in [3.05, 3.63) is 98.9 Å². The number of thioether (sulfide) groups is 1. The molecule has 3 aromatic carbocycles. The molecule has 2 heterocycles. The van der Waals surface area contributed by atoms with Crippen LogP contribution in [0.4, 0.5) is 17.1 Å². The monoisotopic (exact) mass is 514 g/mol. The Morgan fingerprint density at radius 1 is 0.973 bits per heavy atom. The third kappa shape index (κ3) is 5.36. The standard InChI is InChI=1S/C28H26N4O4S/c1-20-6-8-21(9-7-20)18-26-28(34)31(24-4-2-3-5-25(24)37-26)19-27(33)30-16-14-29(15-17-30)22-10-12-23(13-11-22)32(35)36/h2-13,18H,14-17,19H2,1H3/b26-18-. The largest absolute Gasteiger partial charge is 0.368 e. The Labute approximate surface area is 219 Å². The molecule has 0 N–H and O–H groups in total. The van der Waals surface area contributed by atoms with Gasteiger partial charge in [-0.05, 0) is 42.8 Å². The Balaban J connectivity index is 1.28. The van der Waals surface area contributed by atoms with Gasteiger partial charge in [-0.1, -0.05) is 53.7 Å². The number of fused-ring (bicyclic) bond motifs is 1. The SMILES string of the molecule is Cc1ccc(/C=C2\Sc3ccccc3N(CC(=O)N3CCN(c4ccc([N+](=O)[O-])cc4)CC3)C2=O)cc1. The van der Waals surface area contributed by atoms with Crippen molar-refractivity contribution in [3.63, 3.8) is 0 Å². The molecular weight excluding hydrogens is 488 g/mol. The Bertz CT molecular complexity index is 1360. The van der Waals surface area contributed by atoms with Crippen LogP contribution in [0.25, 0.3) is 6.08 Å². The minimum Gasteiger partial charge on any atom is -0.368 e. The average Bonchev–Trinajstić information content (AvgIpc) is 2.92. The number of hydrogen-bond donors (Lipinski definition) is 0. The first-order valence-corrected chi connectivity index (χ1v) is 12.8. The van der Waals surface area contributed by atoms with Crippen molar-refractivity contribution in [2.45, 2.75) is 11.8 Å². The minimum atomic E-state index is -0.416. The van der Waals surface area contributed by atoms with Crippen molar-refractivity contribution in [1.29, 1.82) is 0 Å². The molecule has 0 radical (unpaired) electrons. The van der Waals surface area contributed by atoms with E-state index in [-0.39, 0.29) is 24.0 Å². The van der Waals surface area contributed by atoms with Crippen LogP contribution in [0.1, 0.15) is 11.1 Å². The molecular formula is C28H26N4O4S. The number of hydrogen-bond acceptors (Lipinski definition) is 6. The Hall–Kier alpha value is -4.11. The van der Waals surface area contributed by atoms with Crippen LogP contribution in [-0.4, -0.2) is 54.4 Å². The highest BCUT2D eigenvalue weighted by Crippen LogP contribution is 2.42. The molecule has 8 nitrogen and oxygen atoms in total. The molecule has 0 atom stereocenters. The molecule has 0 bridgehead atoms. The second-order valence-electron chi connectivity index (χ2n) is 9.02. The quantitative estimate of drug-likeness (QED) is 0.278. The third-order valence-corrected chi connectivity index (χ3v) is 7.64. The lowest BCUT2D eigenvalue weighted by Gasteiger charge is -2.37. The first kappa shape index (κ1) is 24.6. The molecule has 2 aliphatic heterocycles. The number of non-ortho nitro benzene ring substituents is 1. The smallest absolute Gasteiger partial charge is 0.269 e. The van der Waals surface area contributed by atoms with Gasteiger partial charge in [-0.2, -0.15) is 0 Å². The number of para-hydroxylation sites is 1. The zero-order valence-corrected chi connectivity index (χ0v) is 21.2. The zero-order valence-electron chi connectivity index (χ0n) is 20.4. The van der Waals surface area contributed by atoms with E-state index in [4.69, 9.17) is 0 Å². The first-order valence-electron chi connectivity index (χ1n) is 12.0. The van der Waals surface area contributed by atoms with Crippen molar-refractivity contribution in [2.75, 3.05) is 42.5 Å². The maximum absolute atomic E-state index is 13.5. The molecule has 9 heteroatoms. The van der Waals surface area contributed by atoms with Gasteiger partial charge < -0.3 is 9.80 Å². The molecule has 0 spiro atoms. The summed E-state index contributed by atoms with van der Waals surface area (Å²) >= 11 is 1.43. The van der Waals surface area contributed by atoms with E-state index >= 15 is 0 Å². The fraction of sp³-hybridized carbons (Fsp3) is 0.214. The van der Waals surface area contributed by atoms with Gasteiger partial charge in [-0.3, -0.25) is 24.6 Å². The van der Waals surface area contributed by atoms with Gasteiger partial charge in [0.1, 0.15) is 6.54 Å². The molecule has 3 aromatic rings. The Kier molecular flexibility index (Phi) is 6.96. The lowest BCUT2D eigenvalue weighted by molar-refractivity contribution is -0.384. The van der Waals surface area contributed by atoms with E-state index in [1.807, 2.05) is 61.5 Å². The number of anilines is 2. The van der Waals surface area contributed by atoms with Gasteiger partial charge in [0.25, 0.3) is 11.6 Å². The summed E-state index contributed by atoms with van der Waals surface area (Å²) in [5.74, 6) is -0.282. The van der Waals surface area contributed by atoms with Crippen molar-refractivity contribution in [3.8, 4) is 0 Å². The average molecular weight is 515 g/mol. The van der Waals surface area contributed by atoms with Crippen LogP contribution in [0.5, 0.6) is 0 Å². The van der Waals surface area contributed by atoms with Crippen LogP contribution in [-0.2, 0) is 9.59 Å². The number of piperazine rings is 1. The second-order valence-corrected chi connectivity index (χ2v) is 10.1. The molecule has 5 rings (SSSR count). The normalized spacial score (nSPS) is 16.6. The summed E-state index contributed by atoms with van der Waals surface area (Å²) in [7, 11) is 0. The van der Waals surface area contributed by atoms with E-state index in [0.29, 0.717) is 31.1 Å². The molecule has 0 saturated carbocycles. The number of nitro benzene ring substituents is 1. The Morgan fingerprint density at radius 2 is 1.65 bits per heavy atom. The summed E-state index contributed by atoms with van der Waals surface area (Å²) in [4.78, 5) is 44.3. The molecule has 1 fully saturated rings. The summed E-state index contributed by atoms with van der Waals surface area (Å²) in [5.41, 5.74) is 3.78. The number of benzene rings is 3. The van der Waals surface area contributed by atoms with E-state index in [9.17, 15) is 19.7 Å². The minimum absolute atomic E-state index is 0.0286. The van der Waals surface area contributed by atoms with Crippen molar-refractivity contribution in [1.82, 2.24) is 4.90 Å². The van der Waals surface area contributed by atoms with Crippen molar-refractivity contribution in [2.24, 2.45) is 0 Å². The van der Waals surface area contributed by atoms with Crippen LogP contribution in [0.15, 0.2) is 82.6 Å². The molecule has 188 valence electrons. The molecule has 37 heavy (non-hydrogen) atoms. The molecule has 2 aliphatic rings. The maximum Gasteiger partial charge on any atom is 0.269 e. The number of carbonyl (C=O) groups excluding carboxylic acids is 2. The van der Waals surface area contributed by atoms with Crippen LogP contribution in [0, 0.1) is 17.0 Å². The number of aryl methyl sites for hydroxylation is 1. The highest BCUT2D eigenvalue weighted by atomic mass is 32.2. The van der Waals surface area contributed by atoms with Gasteiger partial charge in [-0.25, -0.2) is 0 Å². The summed E-state index contributed by atoms with van der Waals surface area (Å²) < 4.78 is 0. The Morgan fingerprint density at radius 3 is 2.32 bits per heavy atom. The number of carbonyl (C=O) groups is 2. The zero-order chi connectivity index (χ0) is 25.9. The number of amides is 2. The van der Waals surface area contributed by atoms with Crippen LogP contribution >= 0.6 is 11.8 Å². The summed E-state index contributed by atoms with van der Waals surface area (Å²) in [6.45, 7) is 4.25. The predicted molar refractivity (Wildman–Crippen MR) is 146 cm³/mol. The first-order chi connectivity index (χ1) is 17.9. The lowest BCUT2D eigenvalue weighted by atomic mass is 10.1. The fourth-order valence-corrected chi connectivity index (χ4v) is 5.53. The van der Waals surface area contributed by atoms with Gasteiger partial charge in [0.05, 0.1) is 15.5 Å². The van der Waals surface area contributed by atoms with Crippen molar-refractivity contribution < 1.29 is 14.5 Å². The fourth-order valence-electron chi connectivity index (χ4n) is 4.47.